The number of fused-ring (bicyclic) bond motifs is 5. The summed E-state index contributed by atoms with van der Waals surface area (Å²) in [5.74, 6) is -0.929. The van der Waals surface area contributed by atoms with Crippen molar-refractivity contribution in [3.05, 3.63) is 56.9 Å². The van der Waals surface area contributed by atoms with Crippen LogP contribution in [0.1, 0.15) is 35.6 Å². The van der Waals surface area contributed by atoms with Crippen LogP contribution in [0.5, 0.6) is 0 Å². The zero-order valence-electron chi connectivity index (χ0n) is 18.2. The van der Waals surface area contributed by atoms with Crippen LogP contribution in [-0.4, -0.2) is 41.4 Å². The number of carbonyl (C=O) groups is 1. The van der Waals surface area contributed by atoms with E-state index in [4.69, 9.17) is 9.72 Å². The van der Waals surface area contributed by atoms with E-state index in [1.165, 1.54) is 0 Å². The molecule has 7 nitrogen and oxygen atoms in total. The van der Waals surface area contributed by atoms with Gasteiger partial charge < -0.3 is 19.3 Å². The van der Waals surface area contributed by atoms with E-state index in [0.717, 1.165) is 34.1 Å². The van der Waals surface area contributed by atoms with Crippen LogP contribution in [0.4, 0.5) is 10.1 Å². The van der Waals surface area contributed by atoms with Crippen molar-refractivity contribution < 1.29 is 19.0 Å². The van der Waals surface area contributed by atoms with Crippen molar-refractivity contribution in [1.29, 1.82) is 0 Å². The third kappa shape index (κ3) is 2.72. The number of cyclic esters (lactones) is 1. The predicted molar refractivity (Wildman–Crippen MR) is 119 cm³/mol. The number of aromatic nitrogens is 2. The quantitative estimate of drug-likeness (QED) is 0.494. The summed E-state index contributed by atoms with van der Waals surface area (Å²) in [6.45, 7) is 1.27. The fraction of sp³-hybridized carbons (Fsp3) is 0.375. The lowest BCUT2D eigenvalue weighted by Gasteiger charge is -2.32. The highest BCUT2D eigenvalue weighted by Gasteiger charge is 2.46. The molecule has 166 valence electrons. The number of carbonyl (C=O) groups excluding carboxylic acids is 1. The average molecular weight is 437 g/mol. The van der Waals surface area contributed by atoms with Gasteiger partial charge in [0, 0.05) is 42.7 Å². The molecule has 2 aliphatic rings. The summed E-state index contributed by atoms with van der Waals surface area (Å²) in [7, 11) is 3.92. The smallest absolute Gasteiger partial charge is 0.343 e. The Morgan fingerprint density at radius 2 is 2.03 bits per heavy atom. The van der Waals surface area contributed by atoms with Gasteiger partial charge in [0.05, 0.1) is 35.7 Å². The molecule has 0 radical (unpaired) electrons. The van der Waals surface area contributed by atoms with E-state index < -0.39 is 24.7 Å². The van der Waals surface area contributed by atoms with Crippen LogP contribution in [0.25, 0.3) is 22.3 Å². The maximum Gasteiger partial charge on any atom is 0.343 e. The van der Waals surface area contributed by atoms with Crippen LogP contribution in [-0.2, 0) is 34.7 Å². The van der Waals surface area contributed by atoms with E-state index in [0.29, 0.717) is 17.9 Å². The van der Waals surface area contributed by atoms with Crippen LogP contribution in [0.2, 0.25) is 0 Å². The summed E-state index contributed by atoms with van der Waals surface area (Å²) in [4.78, 5) is 32.6. The maximum atomic E-state index is 13.3. The molecule has 0 saturated carbocycles. The van der Waals surface area contributed by atoms with Gasteiger partial charge in [0.1, 0.15) is 6.61 Å². The van der Waals surface area contributed by atoms with Gasteiger partial charge >= 0.3 is 5.97 Å². The standard InChI is InChI=1S/C24H24FN3O4/c1-4-14-15-6-5-13(27(2)3)9-19(15)26-21-16(14)11-28-20(21)10-18-17(22(28)29)12-32-23(30)24(18,31)7-8-25/h5-6,9-10,31H,4,7-8,11-12H2,1-3H3. The first kappa shape index (κ1) is 20.6. The topological polar surface area (TPSA) is 84.7 Å². The Morgan fingerprint density at radius 3 is 2.72 bits per heavy atom. The Morgan fingerprint density at radius 1 is 1.25 bits per heavy atom. The Labute approximate surface area is 184 Å². The molecule has 0 bridgehead atoms. The minimum Gasteiger partial charge on any atom is -0.458 e. The van der Waals surface area contributed by atoms with Crippen LogP contribution in [0, 0.1) is 0 Å². The van der Waals surface area contributed by atoms with E-state index in [9.17, 15) is 19.1 Å². The number of halogens is 1. The third-order valence-electron chi connectivity index (χ3n) is 6.61. The fourth-order valence-electron chi connectivity index (χ4n) is 4.87. The Balaban J connectivity index is 1.80. The number of hydrogen-bond donors (Lipinski definition) is 1. The molecule has 0 saturated heterocycles. The molecular formula is C24H24FN3O4. The minimum atomic E-state index is -2.18. The van der Waals surface area contributed by atoms with Crippen molar-refractivity contribution in [1.82, 2.24) is 9.55 Å². The summed E-state index contributed by atoms with van der Waals surface area (Å²) in [5.41, 5.74) is 2.86. The van der Waals surface area contributed by atoms with E-state index in [-0.39, 0.29) is 23.3 Å². The van der Waals surface area contributed by atoms with Gasteiger partial charge in [-0.2, -0.15) is 0 Å². The van der Waals surface area contributed by atoms with Crippen molar-refractivity contribution in [2.45, 2.75) is 38.5 Å². The van der Waals surface area contributed by atoms with Crippen LogP contribution < -0.4 is 10.5 Å². The van der Waals surface area contributed by atoms with E-state index >= 15 is 0 Å². The molecule has 1 N–H and O–H groups in total. The Bertz CT molecular complexity index is 1350. The second kappa shape index (κ2) is 7.13. The van der Waals surface area contributed by atoms with Gasteiger partial charge in [0.25, 0.3) is 5.56 Å². The molecule has 32 heavy (non-hydrogen) atoms. The normalized spacial score (nSPS) is 18.8. The van der Waals surface area contributed by atoms with Gasteiger partial charge in [-0.15, -0.1) is 0 Å². The number of anilines is 1. The SMILES string of the molecule is CCc1c2c(nc3cc(N(C)C)ccc13)-c1cc3c(c(=O)n1C2)COC(=O)C3(O)CCF. The summed E-state index contributed by atoms with van der Waals surface area (Å²) < 4.78 is 19.9. The first-order chi connectivity index (χ1) is 15.3. The summed E-state index contributed by atoms with van der Waals surface area (Å²) in [5, 5.41) is 12.0. The molecule has 1 unspecified atom stereocenters. The highest BCUT2D eigenvalue weighted by molar-refractivity contribution is 5.91. The van der Waals surface area contributed by atoms with Gasteiger partial charge in [0.2, 0.25) is 0 Å². The van der Waals surface area contributed by atoms with E-state index in [1.807, 2.05) is 31.1 Å². The van der Waals surface area contributed by atoms with Crippen LogP contribution >= 0.6 is 0 Å². The molecule has 1 atom stereocenters. The van der Waals surface area contributed by atoms with Crippen molar-refractivity contribution in [2.75, 3.05) is 25.7 Å². The van der Waals surface area contributed by atoms with E-state index in [1.54, 1.807) is 10.6 Å². The zero-order chi connectivity index (χ0) is 22.8. The van der Waals surface area contributed by atoms with Crippen molar-refractivity contribution in [3.63, 3.8) is 0 Å². The molecule has 0 amide bonds. The largest absolute Gasteiger partial charge is 0.458 e. The number of ether oxygens (including phenoxy) is 1. The summed E-state index contributed by atoms with van der Waals surface area (Å²) in [6.07, 6.45) is 0.296. The summed E-state index contributed by atoms with van der Waals surface area (Å²) in [6, 6.07) is 7.72. The van der Waals surface area contributed by atoms with E-state index in [2.05, 4.69) is 13.0 Å². The molecule has 1 aromatic carbocycles. The number of nitrogens with zero attached hydrogens (tertiary/aromatic N) is 3. The van der Waals surface area contributed by atoms with Crippen LogP contribution in [0.15, 0.2) is 29.1 Å². The lowest BCUT2D eigenvalue weighted by atomic mass is 9.85. The van der Waals surface area contributed by atoms with Gasteiger partial charge in [-0.3, -0.25) is 9.18 Å². The number of aryl methyl sites for hydroxylation is 1. The van der Waals surface area contributed by atoms with Crippen molar-refractivity contribution >= 4 is 22.6 Å². The lowest BCUT2D eigenvalue weighted by Crippen LogP contribution is -2.45. The number of rotatable bonds is 4. The first-order valence-electron chi connectivity index (χ1n) is 10.7. The second-order valence-electron chi connectivity index (χ2n) is 8.56. The molecule has 2 aliphatic heterocycles. The molecule has 4 heterocycles. The maximum absolute atomic E-state index is 13.3. The van der Waals surface area contributed by atoms with Gasteiger partial charge in [-0.1, -0.05) is 13.0 Å². The predicted octanol–water partition coefficient (Wildman–Crippen LogP) is 2.66. The monoisotopic (exact) mass is 437 g/mol. The lowest BCUT2D eigenvalue weighted by molar-refractivity contribution is -0.173. The molecule has 8 heteroatoms. The average Bonchev–Trinajstić information content (AvgIpc) is 3.13. The molecule has 5 rings (SSSR count). The minimum absolute atomic E-state index is 0.123. The van der Waals surface area contributed by atoms with Gasteiger partial charge in [-0.25, -0.2) is 9.78 Å². The zero-order valence-corrected chi connectivity index (χ0v) is 18.2. The molecule has 0 fully saturated rings. The number of pyridine rings is 2. The Hall–Kier alpha value is -3.26. The number of alkyl halides is 1. The summed E-state index contributed by atoms with van der Waals surface area (Å²) >= 11 is 0. The van der Waals surface area contributed by atoms with Crippen LogP contribution in [0.3, 0.4) is 0 Å². The Kier molecular flexibility index (Phi) is 4.60. The highest BCUT2D eigenvalue weighted by atomic mass is 19.1. The second-order valence-corrected chi connectivity index (χ2v) is 8.56. The van der Waals surface area contributed by atoms with Gasteiger partial charge in [0.15, 0.2) is 5.60 Å². The fourth-order valence-corrected chi connectivity index (χ4v) is 4.87. The number of hydrogen-bond acceptors (Lipinski definition) is 6. The number of esters is 1. The molecular weight excluding hydrogens is 413 g/mol. The molecule has 0 spiro atoms. The molecule has 2 aromatic heterocycles. The molecule has 0 aliphatic carbocycles. The number of benzene rings is 1. The third-order valence-corrected chi connectivity index (χ3v) is 6.61. The first-order valence-corrected chi connectivity index (χ1v) is 10.7. The molecule has 3 aromatic rings. The van der Waals surface area contributed by atoms with Crippen molar-refractivity contribution in [3.8, 4) is 11.4 Å². The van der Waals surface area contributed by atoms with Crippen molar-refractivity contribution in [2.24, 2.45) is 0 Å². The highest BCUT2D eigenvalue weighted by Crippen LogP contribution is 2.40. The number of aliphatic hydroxyl groups is 1. The van der Waals surface area contributed by atoms with Gasteiger partial charge in [-0.05, 0) is 30.2 Å².